The summed E-state index contributed by atoms with van der Waals surface area (Å²) in [5, 5.41) is 8.84. The van der Waals surface area contributed by atoms with E-state index < -0.39 is 12.0 Å². The molecule has 6 heteroatoms. The number of aliphatic carboxylic acids is 1. The van der Waals surface area contributed by atoms with Crippen molar-refractivity contribution in [3.63, 3.8) is 0 Å². The molecule has 1 aromatic rings. The molecular weight excluding hydrogens is 326 g/mol. The molecule has 0 fully saturated rings. The first kappa shape index (κ1) is 16.5. The van der Waals surface area contributed by atoms with Crippen molar-refractivity contribution in [1.29, 1.82) is 0 Å². The van der Waals surface area contributed by atoms with Crippen LogP contribution in [0.25, 0.3) is 0 Å². The molecule has 0 bridgehead atoms. The fourth-order valence-electron chi connectivity index (χ4n) is 1.53. The fourth-order valence-corrected chi connectivity index (χ4v) is 2.14. The average Bonchev–Trinajstić information content (AvgIpc) is 2.39. The molecule has 110 valence electrons. The number of ether oxygens (including phenoxy) is 1. The first-order valence-corrected chi connectivity index (χ1v) is 6.99. The third-order valence-electron chi connectivity index (χ3n) is 2.99. The molecule has 0 aliphatic heterocycles. The number of carboxylic acids is 1. The molecule has 1 N–H and O–H groups in total. The lowest BCUT2D eigenvalue weighted by atomic mass is 10.2. The number of halogens is 1. The van der Waals surface area contributed by atoms with E-state index in [1.54, 1.807) is 0 Å². The maximum absolute atomic E-state index is 11.8. The summed E-state index contributed by atoms with van der Waals surface area (Å²) >= 11 is 3.39. The van der Waals surface area contributed by atoms with Crippen molar-refractivity contribution in [1.82, 2.24) is 4.90 Å². The summed E-state index contributed by atoms with van der Waals surface area (Å²) in [5.74, 6) is -0.622. The van der Waals surface area contributed by atoms with Gasteiger partial charge in [0.15, 0.2) is 0 Å². The molecule has 1 aromatic carbocycles. The average molecular weight is 344 g/mol. The number of aryl methyl sites for hydroxylation is 1. The molecule has 0 spiro atoms. The van der Waals surface area contributed by atoms with Gasteiger partial charge in [0.25, 0.3) is 0 Å². The quantitative estimate of drug-likeness (QED) is 0.861. The van der Waals surface area contributed by atoms with Crippen LogP contribution in [0.2, 0.25) is 0 Å². The van der Waals surface area contributed by atoms with E-state index in [0.29, 0.717) is 5.75 Å². The highest BCUT2D eigenvalue weighted by molar-refractivity contribution is 9.10. The molecule has 0 saturated carbocycles. The minimum Gasteiger partial charge on any atom is -0.492 e. The van der Waals surface area contributed by atoms with E-state index in [4.69, 9.17) is 9.84 Å². The third kappa shape index (κ3) is 4.52. The van der Waals surface area contributed by atoms with Crippen LogP contribution >= 0.6 is 15.9 Å². The van der Waals surface area contributed by atoms with Crippen molar-refractivity contribution in [2.24, 2.45) is 0 Å². The molecule has 0 aliphatic rings. The fraction of sp³-hybridized carbons (Fsp3) is 0.429. The van der Waals surface area contributed by atoms with Gasteiger partial charge in [0.1, 0.15) is 11.8 Å². The molecule has 1 atom stereocenters. The van der Waals surface area contributed by atoms with Gasteiger partial charge in [0.2, 0.25) is 5.91 Å². The number of carbonyl (C=O) groups is 2. The Kier molecular flexibility index (Phi) is 6.01. The van der Waals surface area contributed by atoms with Gasteiger partial charge in [-0.25, -0.2) is 4.79 Å². The zero-order chi connectivity index (χ0) is 15.3. The lowest BCUT2D eigenvalue weighted by Crippen LogP contribution is -2.40. The van der Waals surface area contributed by atoms with Crippen LogP contribution in [-0.2, 0) is 9.59 Å². The van der Waals surface area contributed by atoms with E-state index in [0.717, 1.165) is 10.0 Å². The van der Waals surface area contributed by atoms with Gasteiger partial charge in [0.05, 0.1) is 17.5 Å². The Bertz CT molecular complexity index is 504. The zero-order valence-corrected chi connectivity index (χ0v) is 13.3. The van der Waals surface area contributed by atoms with Gasteiger partial charge in [0, 0.05) is 7.05 Å². The van der Waals surface area contributed by atoms with E-state index in [1.807, 2.05) is 25.1 Å². The molecule has 20 heavy (non-hydrogen) atoms. The number of benzene rings is 1. The molecule has 1 rings (SSSR count). The molecule has 0 aliphatic carbocycles. The molecule has 0 radical (unpaired) electrons. The zero-order valence-electron chi connectivity index (χ0n) is 11.7. The Morgan fingerprint density at radius 1 is 1.45 bits per heavy atom. The molecule has 5 nitrogen and oxygen atoms in total. The highest BCUT2D eigenvalue weighted by Crippen LogP contribution is 2.25. The Morgan fingerprint density at radius 2 is 2.10 bits per heavy atom. The van der Waals surface area contributed by atoms with Gasteiger partial charge < -0.3 is 14.7 Å². The molecule has 0 saturated heterocycles. The monoisotopic (exact) mass is 343 g/mol. The van der Waals surface area contributed by atoms with Crippen LogP contribution in [0.1, 0.15) is 18.9 Å². The highest BCUT2D eigenvalue weighted by atomic mass is 79.9. The SMILES string of the molecule is Cc1ccc(OCCC(=O)N(C)C(C)C(=O)O)c(Br)c1. The van der Waals surface area contributed by atoms with E-state index >= 15 is 0 Å². The van der Waals surface area contributed by atoms with E-state index in [1.165, 1.54) is 18.9 Å². The molecular formula is C14H18BrNO4. The number of hydrogen-bond acceptors (Lipinski definition) is 3. The van der Waals surface area contributed by atoms with E-state index in [2.05, 4.69) is 15.9 Å². The van der Waals surface area contributed by atoms with Crippen molar-refractivity contribution in [3.05, 3.63) is 28.2 Å². The predicted molar refractivity (Wildman–Crippen MR) is 78.9 cm³/mol. The number of carboxylic acid groups (broad SMARTS) is 1. The van der Waals surface area contributed by atoms with Crippen LogP contribution in [-0.4, -0.2) is 41.6 Å². The van der Waals surface area contributed by atoms with Crippen molar-refractivity contribution in [3.8, 4) is 5.75 Å². The summed E-state index contributed by atoms with van der Waals surface area (Å²) in [7, 11) is 1.48. The van der Waals surface area contributed by atoms with Crippen LogP contribution in [0, 0.1) is 6.92 Å². The first-order chi connectivity index (χ1) is 9.32. The standard InChI is InChI=1S/C14H18BrNO4/c1-9-4-5-12(11(15)8-9)20-7-6-13(17)16(3)10(2)14(18)19/h4-5,8,10H,6-7H2,1-3H3,(H,18,19). The van der Waals surface area contributed by atoms with Crippen LogP contribution in [0.5, 0.6) is 5.75 Å². The number of nitrogens with zero attached hydrogens (tertiary/aromatic N) is 1. The molecule has 1 amide bonds. The minimum atomic E-state index is -1.02. The van der Waals surface area contributed by atoms with Crippen LogP contribution < -0.4 is 4.74 Å². The maximum Gasteiger partial charge on any atom is 0.326 e. The van der Waals surface area contributed by atoms with Crippen LogP contribution in [0.3, 0.4) is 0 Å². The molecule has 0 heterocycles. The Labute approximate surface area is 126 Å². The second-order valence-corrected chi connectivity index (χ2v) is 5.41. The smallest absolute Gasteiger partial charge is 0.326 e. The summed E-state index contributed by atoms with van der Waals surface area (Å²) in [6.45, 7) is 3.65. The largest absolute Gasteiger partial charge is 0.492 e. The number of hydrogen-bond donors (Lipinski definition) is 1. The lowest BCUT2D eigenvalue weighted by molar-refractivity contribution is -0.148. The van der Waals surface area contributed by atoms with Gasteiger partial charge >= 0.3 is 5.97 Å². The summed E-state index contributed by atoms with van der Waals surface area (Å²) in [4.78, 5) is 23.8. The Balaban J connectivity index is 2.48. The van der Waals surface area contributed by atoms with E-state index in [9.17, 15) is 9.59 Å². The lowest BCUT2D eigenvalue weighted by Gasteiger charge is -2.21. The summed E-state index contributed by atoms with van der Waals surface area (Å²) in [6, 6.07) is 4.83. The normalized spacial score (nSPS) is 11.8. The highest BCUT2D eigenvalue weighted by Gasteiger charge is 2.21. The van der Waals surface area contributed by atoms with Crippen LogP contribution in [0.15, 0.2) is 22.7 Å². The predicted octanol–water partition coefficient (Wildman–Crippen LogP) is 2.46. The second-order valence-electron chi connectivity index (χ2n) is 4.55. The number of rotatable bonds is 6. The van der Waals surface area contributed by atoms with Crippen molar-refractivity contribution >= 4 is 27.8 Å². The van der Waals surface area contributed by atoms with Crippen molar-refractivity contribution < 1.29 is 19.4 Å². The second kappa shape index (κ2) is 7.28. The molecule has 0 aromatic heterocycles. The van der Waals surface area contributed by atoms with Crippen molar-refractivity contribution in [2.45, 2.75) is 26.3 Å². The van der Waals surface area contributed by atoms with Gasteiger partial charge in [-0.2, -0.15) is 0 Å². The van der Waals surface area contributed by atoms with Gasteiger partial charge in [-0.1, -0.05) is 6.07 Å². The maximum atomic E-state index is 11.8. The van der Waals surface area contributed by atoms with Gasteiger partial charge in [-0.05, 0) is 47.5 Å². The summed E-state index contributed by atoms with van der Waals surface area (Å²) in [6.07, 6.45) is 0.133. The third-order valence-corrected chi connectivity index (χ3v) is 3.61. The van der Waals surface area contributed by atoms with Crippen molar-refractivity contribution in [2.75, 3.05) is 13.7 Å². The van der Waals surface area contributed by atoms with Gasteiger partial charge in [-0.3, -0.25) is 4.79 Å². The van der Waals surface area contributed by atoms with Crippen LogP contribution in [0.4, 0.5) is 0 Å². The number of amides is 1. The number of likely N-dealkylation sites (N-methyl/N-ethyl adjacent to an activating group) is 1. The molecule has 1 unspecified atom stereocenters. The topological polar surface area (TPSA) is 66.8 Å². The Hall–Kier alpha value is -1.56. The van der Waals surface area contributed by atoms with E-state index in [-0.39, 0.29) is 18.9 Å². The number of carbonyl (C=O) groups excluding carboxylic acids is 1. The Morgan fingerprint density at radius 3 is 2.65 bits per heavy atom. The van der Waals surface area contributed by atoms with Gasteiger partial charge in [-0.15, -0.1) is 0 Å². The summed E-state index contributed by atoms with van der Waals surface area (Å²) < 4.78 is 6.34. The first-order valence-electron chi connectivity index (χ1n) is 6.20. The minimum absolute atomic E-state index is 0.133. The summed E-state index contributed by atoms with van der Waals surface area (Å²) in [5.41, 5.74) is 1.11.